The van der Waals surface area contributed by atoms with Crippen molar-refractivity contribution in [3.63, 3.8) is 0 Å². The molecule has 0 saturated carbocycles. The maximum absolute atomic E-state index is 13.4. The van der Waals surface area contributed by atoms with Crippen LogP contribution in [0.1, 0.15) is 22.6 Å². The lowest BCUT2D eigenvalue weighted by Crippen LogP contribution is -2.56. The molecule has 10 nitrogen and oxygen atoms in total. The third kappa shape index (κ3) is 5.86. The van der Waals surface area contributed by atoms with E-state index in [4.69, 9.17) is 37.4 Å². The van der Waals surface area contributed by atoms with Crippen LogP contribution in [0, 0.1) is 0 Å². The number of nitrogens with zero attached hydrogens (tertiary/aromatic N) is 1. The summed E-state index contributed by atoms with van der Waals surface area (Å²) in [7, 11) is 2.84. The van der Waals surface area contributed by atoms with Gasteiger partial charge in [-0.25, -0.2) is 0 Å². The molecule has 1 heterocycles. The van der Waals surface area contributed by atoms with Gasteiger partial charge in [0.15, 0.2) is 11.5 Å². The Morgan fingerprint density at radius 3 is 2.51 bits per heavy atom. The van der Waals surface area contributed by atoms with Gasteiger partial charge in [-0.15, -0.1) is 0 Å². The summed E-state index contributed by atoms with van der Waals surface area (Å²) in [6.45, 7) is -0.780. The number of aliphatic hydroxyl groups excluding tert-OH is 3. The normalized spacial score (nSPS) is 21.4. The van der Waals surface area contributed by atoms with Crippen molar-refractivity contribution >= 4 is 35.0 Å². The third-order valence-corrected chi connectivity index (χ3v) is 7.52. The SMILES string of the molecule is COCC(=O)N(Cc1ccc(Cl)c(Cl)c1)C1C=C(C(=O)NCCO)C2c3cc(CO)cc(OC)c3OC2C1O. The molecule has 4 atom stereocenters. The monoisotopic (exact) mass is 580 g/mol. The molecule has 0 bridgehead atoms. The second-order valence-electron chi connectivity index (χ2n) is 9.22. The Morgan fingerprint density at radius 2 is 1.87 bits per heavy atom. The topological polar surface area (TPSA) is 138 Å². The molecule has 2 aliphatic rings. The number of ether oxygens (including phenoxy) is 3. The lowest BCUT2D eigenvalue weighted by atomic mass is 9.77. The molecule has 4 N–H and O–H groups in total. The van der Waals surface area contributed by atoms with Crippen LogP contribution in [0.5, 0.6) is 11.5 Å². The number of benzene rings is 2. The summed E-state index contributed by atoms with van der Waals surface area (Å²) in [5.41, 5.74) is 1.99. The van der Waals surface area contributed by atoms with E-state index in [-0.39, 0.29) is 38.5 Å². The zero-order valence-electron chi connectivity index (χ0n) is 21.4. The van der Waals surface area contributed by atoms with Gasteiger partial charge < -0.3 is 39.7 Å². The molecular weight excluding hydrogens is 551 g/mol. The summed E-state index contributed by atoms with van der Waals surface area (Å²) in [6.07, 6.45) is -0.679. The molecule has 0 aromatic heterocycles. The van der Waals surface area contributed by atoms with Crippen molar-refractivity contribution in [3.05, 3.63) is 68.7 Å². The van der Waals surface area contributed by atoms with Gasteiger partial charge in [-0.1, -0.05) is 29.3 Å². The van der Waals surface area contributed by atoms with E-state index in [1.54, 1.807) is 36.4 Å². The maximum atomic E-state index is 13.4. The molecule has 0 saturated heterocycles. The van der Waals surface area contributed by atoms with Crippen molar-refractivity contribution < 1.29 is 39.1 Å². The van der Waals surface area contributed by atoms with Crippen LogP contribution in [-0.2, 0) is 27.5 Å². The summed E-state index contributed by atoms with van der Waals surface area (Å²) in [5.74, 6) is -0.977. The number of amides is 2. The number of nitrogens with one attached hydrogen (secondary N) is 1. The molecule has 4 unspecified atom stereocenters. The lowest BCUT2D eigenvalue weighted by Gasteiger charge is -2.40. The minimum absolute atomic E-state index is 0.00406. The van der Waals surface area contributed by atoms with Crippen LogP contribution in [0.4, 0.5) is 0 Å². The molecule has 2 aromatic carbocycles. The first-order chi connectivity index (χ1) is 18.7. The van der Waals surface area contributed by atoms with Crippen LogP contribution in [0.15, 0.2) is 42.0 Å². The number of hydrogen-bond acceptors (Lipinski definition) is 8. The van der Waals surface area contributed by atoms with E-state index in [0.717, 1.165) is 0 Å². The Bertz CT molecular complexity index is 1270. The average Bonchev–Trinajstić information content (AvgIpc) is 3.32. The van der Waals surface area contributed by atoms with E-state index in [2.05, 4.69) is 5.32 Å². The van der Waals surface area contributed by atoms with E-state index in [0.29, 0.717) is 38.2 Å². The highest BCUT2D eigenvalue weighted by atomic mass is 35.5. The Morgan fingerprint density at radius 1 is 1.10 bits per heavy atom. The quantitative estimate of drug-likeness (QED) is 0.334. The second kappa shape index (κ2) is 12.5. The molecular formula is C27H30Cl2N2O8. The van der Waals surface area contributed by atoms with Crippen molar-refractivity contribution in [1.82, 2.24) is 10.2 Å². The number of hydrogen-bond donors (Lipinski definition) is 4. The summed E-state index contributed by atoms with van der Waals surface area (Å²) in [5, 5.41) is 34.0. The van der Waals surface area contributed by atoms with E-state index >= 15 is 0 Å². The largest absolute Gasteiger partial charge is 0.493 e. The average molecular weight is 581 g/mol. The van der Waals surface area contributed by atoms with Gasteiger partial charge in [-0.2, -0.15) is 0 Å². The molecule has 1 aliphatic carbocycles. The number of fused-ring (bicyclic) bond motifs is 3. The first kappa shape index (κ1) is 29.1. The first-order valence-electron chi connectivity index (χ1n) is 12.2. The molecule has 210 valence electrons. The van der Waals surface area contributed by atoms with Gasteiger partial charge in [0.05, 0.1) is 42.3 Å². The van der Waals surface area contributed by atoms with Crippen LogP contribution in [0.3, 0.4) is 0 Å². The smallest absolute Gasteiger partial charge is 0.249 e. The van der Waals surface area contributed by atoms with Crippen LogP contribution in [0.2, 0.25) is 10.0 Å². The van der Waals surface area contributed by atoms with Gasteiger partial charge in [0.1, 0.15) is 18.8 Å². The molecule has 4 rings (SSSR count). The van der Waals surface area contributed by atoms with E-state index in [1.165, 1.54) is 19.1 Å². The van der Waals surface area contributed by atoms with Gasteiger partial charge in [0, 0.05) is 31.3 Å². The number of carbonyl (C=O) groups excluding carboxylic acids is 2. The van der Waals surface area contributed by atoms with Gasteiger partial charge in [-0.3, -0.25) is 9.59 Å². The highest BCUT2D eigenvalue weighted by molar-refractivity contribution is 6.42. The van der Waals surface area contributed by atoms with Crippen molar-refractivity contribution in [3.8, 4) is 11.5 Å². The molecule has 2 aromatic rings. The molecule has 12 heteroatoms. The maximum Gasteiger partial charge on any atom is 0.249 e. The molecule has 0 spiro atoms. The Kier molecular flexibility index (Phi) is 9.37. The van der Waals surface area contributed by atoms with Gasteiger partial charge in [0.2, 0.25) is 11.8 Å². The van der Waals surface area contributed by atoms with E-state index in [1.807, 2.05) is 0 Å². The minimum atomic E-state index is -1.26. The van der Waals surface area contributed by atoms with Crippen molar-refractivity contribution in [2.75, 3.05) is 34.0 Å². The Labute approximate surface area is 235 Å². The van der Waals surface area contributed by atoms with Crippen molar-refractivity contribution in [2.45, 2.75) is 37.3 Å². The van der Waals surface area contributed by atoms with Crippen molar-refractivity contribution in [1.29, 1.82) is 0 Å². The molecule has 39 heavy (non-hydrogen) atoms. The molecule has 0 fully saturated rings. The number of methoxy groups -OCH3 is 2. The Hall–Kier alpha value is -2.86. The molecule has 2 amide bonds. The lowest BCUT2D eigenvalue weighted by molar-refractivity contribution is -0.141. The first-order valence-corrected chi connectivity index (χ1v) is 13.0. The summed E-state index contributed by atoms with van der Waals surface area (Å²) in [6, 6.07) is 7.27. The standard InChI is InChI=1S/C27H30Cl2N2O8/c1-37-13-22(34)31(11-14-3-4-18(28)19(29)8-14)20-10-17(27(36)30-5-6-32)23-16-7-15(12-33)9-21(38-2)25(16)39-26(23)24(20)35/h3-4,7-10,20,23-24,26,32-33,35H,5-6,11-13H2,1-2H3,(H,30,36). The highest BCUT2D eigenvalue weighted by Crippen LogP contribution is 2.51. The fraction of sp³-hybridized carbons (Fsp3) is 0.407. The highest BCUT2D eigenvalue weighted by Gasteiger charge is 2.51. The van der Waals surface area contributed by atoms with Crippen LogP contribution in [-0.4, -0.2) is 84.3 Å². The zero-order valence-corrected chi connectivity index (χ0v) is 22.9. The molecule has 1 aliphatic heterocycles. The number of halogens is 2. The fourth-order valence-electron chi connectivity index (χ4n) is 5.02. The minimum Gasteiger partial charge on any atom is -0.493 e. The number of aliphatic hydroxyl groups is 3. The number of carbonyl (C=O) groups is 2. The van der Waals surface area contributed by atoms with Gasteiger partial charge in [0.25, 0.3) is 0 Å². The predicted octanol–water partition coefficient (Wildman–Crippen LogP) is 1.79. The molecule has 0 radical (unpaired) electrons. The van der Waals surface area contributed by atoms with E-state index < -0.39 is 36.0 Å². The fourth-order valence-corrected chi connectivity index (χ4v) is 5.34. The predicted molar refractivity (Wildman–Crippen MR) is 143 cm³/mol. The van der Waals surface area contributed by atoms with Crippen LogP contribution < -0.4 is 14.8 Å². The Balaban J connectivity index is 1.81. The van der Waals surface area contributed by atoms with Crippen LogP contribution in [0.25, 0.3) is 0 Å². The van der Waals surface area contributed by atoms with Crippen molar-refractivity contribution in [2.24, 2.45) is 0 Å². The van der Waals surface area contributed by atoms with E-state index in [9.17, 15) is 24.9 Å². The second-order valence-corrected chi connectivity index (χ2v) is 10.0. The zero-order chi connectivity index (χ0) is 28.3. The summed E-state index contributed by atoms with van der Waals surface area (Å²) in [4.78, 5) is 28.0. The number of rotatable bonds is 10. The van der Waals surface area contributed by atoms with Gasteiger partial charge in [-0.05, 0) is 41.5 Å². The summed E-state index contributed by atoms with van der Waals surface area (Å²) < 4.78 is 16.8. The van der Waals surface area contributed by atoms with Gasteiger partial charge >= 0.3 is 0 Å². The summed E-state index contributed by atoms with van der Waals surface area (Å²) >= 11 is 12.3. The van der Waals surface area contributed by atoms with Crippen LogP contribution >= 0.6 is 23.2 Å². The third-order valence-electron chi connectivity index (χ3n) is 6.78.